The number of allylic oxidation sites excluding steroid dienone is 1. The minimum Gasteiger partial charge on any atom is -0.481 e. The summed E-state index contributed by atoms with van der Waals surface area (Å²) < 4.78 is 4.92. The van der Waals surface area contributed by atoms with Crippen molar-refractivity contribution in [2.24, 2.45) is 0 Å². The molecule has 152 valence electrons. The number of rotatable bonds is 10. The van der Waals surface area contributed by atoms with E-state index in [0.717, 1.165) is 16.7 Å². The normalized spacial score (nSPS) is 11.0. The molecule has 0 atom stereocenters. The lowest BCUT2D eigenvalue weighted by molar-refractivity contribution is -0.142. The molecule has 2 rings (SSSR count). The molecule has 1 amide bonds. The second kappa shape index (κ2) is 11.4. The van der Waals surface area contributed by atoms with Crippen molar-refractivity contribution < 1.29 is 24.2 Å². The highest BCUT2D eigenvalue weighted by atomic mass is 16.5. The Morgan fingerprint density at radius 2 is 1.62 bits per heavy atom. The average Bonchev–Trinajstić information content (AvgIpc) is 2.72. The predicted molar refractivity (Wildman–Crippen MR) is 110 cm³/mol. The Kier molecular flexibility index (Phi) is 8.63. The van der Waals surface area contributed by atoms with E-state index in [4.69, 9.17) is 9.84 Å². The second-order valence-corrected chi connectivity index (χ2v) is 6.42. The van der Waals surface area contributed by atoms with Crippen LogP contribution >= 0.6 is 0 Å². The molecule has 0 aliphatic heterocycles. The number of carboxylic acid groups (broad SMARTS) is 1. The molecule has 29 heavy (non-hydrogen) atoms. The first kappa shape index (κ1) is 21.9. The molecule has 0 radical (unpaired) electrons. The quantitative estimate of drug-likeness (QED) is 0.598. The number of hydrogen-bond acceptors (Lipinski definition) is 4. The molecule has 0 bridgehead atoms. The zero-order valence-electron chi connectivity index (χ0n) is 16.4. The van der Waals surface area contributed by atoms with E-state index < -0.39 is 11.9 Å². The van der Waals surface area contributed by atoms with Crippen LogP contribution in [0.15, 0.2) is 66.4 Å². The fraction of sp³-hybridized carbons (Fsp3) is 0.261. The average molecular weight is 395 g/mol. The van der Waals surface area contributed by atoms with Crippen LogP contribution in [0.25, 0.3) is 11.1 Å². The number of esters is 1. The van der Waals surface area contributed by atoms with Crippen LogP contribution in [0, 0.1) is 0 Å². The van der Waals surface area contributed by atoms with Gasteiger partial charge >= 0.3 is 11.9 Å². The summed E-state index contributed by atoms with van der Waals surface area (Å²) in [4.78, 5) is 34.3. The van der Waals surface area contributed by atoms with Gasteiger partial charge in [0.05, 0.1) is 19.4 Å². The Bertz CT molecular complexity index is 857. The summed E-state index contributed by atoms with van der Waals surface area (Å²) in [5.41, 5.74) is 3.69. The Balaban J connectivity index is 2.09. The number of benzene rings is 2. The molecule has 0 unspecified atom stereocenters. The van der Waals surface area contributed by atoms with E-state index >= 15 is 0 Å². The van der Waals surface area contributed by atoms with E-state index in [1.54, 1.807) is 13.0 Å². The molecule has 6 heteroatoms. The van der Waals surface area contributed by atoms with Crippen LogP contribution in [-0.2, 0) is 25.5 Å². The summed E-state index contributed by atoms with van der Waals surface area (Å²) in [5, 5.41) is 11.4. The first-order valence-electron chi connectivity index (χ1n) is 9.48. The Labute approximate surface area is 170 Å². The van der Waals surface area contributed by atoms with Crippen molar-refractivity contribution in [1.29, 1.82) is 0 Å². The van der Waals surface area contributed by atoms with Gasteiger partial charge in [-0.1, -0.05) is 60.7 Å². The highest BCUT2D eigenvalue weighted by molar-refractivity contribution is 5.82. The molecular formula is C23H25NO5. The molecule has 6 nitrogen and oxygen atoms in total. The Hall–Kier alpha value is -3.41. The van der Waals surface area contributed by atoms with Gasteiger partial charge in [-0.15, -0.1) is 0 Å². The van der Waals surface area contributed by atoms with Crippen LogP contribution in [-0.4, -0.2) is 29.6 Å². The predicted octanol–water partition coefficient (Wildman–Crippen LogP) is 3.71. The van der Waals surface area contributed by atoms with Crippen LogP contribution in [0.1, 0.15) is 31.7 Å². The van der Waals surface area contributed by atoms with Crippen LogP contribution in [0.2, 0.25) is 0 Å². The van der Waals surface area contributed by atoms with Gasteiger partial charge in [0.25, 0.3) is 0 Å². The number of carbonyl (C=O) groups is 3. The lowest BCUT2D eigenvalue weighted by atomic mass is 10.0. The summed E-state index contributed by atoms with van der Waals surface area (Å²) in [5.74, 6) is -1.82. The van der Waals surface area contributed by atoms with Gasteiger partial charge in [-0.05, 0) is 23.6 Å². The lowest BCUT2D eigenvalue weighted by Crippen LogP contribution is -2.24. The molecule has 0 saturated heterocycles. The van der Waals surface area contributed by atoms with Gasteiger partial charge in [0, 0.05) is 18.5 Å². The van der Waals surface area contributed by atoms with E-state index in [1.807, 2.05) is 54.6 Å². The van der Waals surface area contributed by atoms with Crippen molar-refractivity contribution in [3.63, 3.8) is 0 Å². The van der Waals surface area contributed by atoms with Gasteiger partial charge in [-0.25, -0.2) is 0 Å². The SMILES string of the molecule is CCOC(=O)C/C=C(\Cc1ccc(-c2ccccc2)cc1)NC(=O)CCC(=O)O. The van der Waals surface area contributed by atoms with Gasteiger partial charge in [0.2, 0.25) is 5.91 Å². The lowest BCUT2D eigenvalue weighted by Gasteiger charge is -2.11. The molecule has 0 heterocycles. The van der Waals surface area contributed by atoms with E-state index in [2.05, 4.69) is 5.32 Å². The van der Waals surface area contributed by atoms with Crippen molar-refractivity contribution in [3.05, 3.63) is 71.9 Å². The molecule has 0 fully saturated rings. The smallest absolute Gasteiger partial charge is 0.309 e. The standard InChI is InChI=1S/C23H25NO5/c1-2-29-23(28)15-12-20(24-21(25)13-14-22(26)27)16-17-8-10-19(11-9-17)18-6-4-3-5-7-18/h3-12H,2,13-16H2,1H3,(H,24,25)(H,26,27)/b20-12+. The van der Waals surface area contributed by atoms with Crippen LogP contribution in [0.5, 0.6) is 0 Å². The van der Waals surface area contributed by atoms with Crippen molar-refractivity contribution in [3.8, 4) is 11.1 Å². The largest absolute Gasteiger partial charge is 0.481 e. The van der Waals surface area contributed by atoms with E-state index in [0.29, 0.717) is 12.1 Å². The molecule has 2 aromatic rings. The fourth-order valence-electron chi connectivity index (χ4n) is 2.72. The van der Waals surface area contributed by atoms with E-state index in [9.17, 15) is 14.4 Å². The van der Waals surface area contributed by atoms with Crippen molar-refractivity contribution >= 4 is 17.8 Å². The molecular weight excluding hydrogens is 370 g/mol. The first-order chi connectivity index (χ1) is 14.0. The molecule has 2 N–H and O–H groups in total. The van der Waals surface area contributed by atoms with Gasteiger partial charge < -0.3 is 15.2 Å². The Morgan fingerprint density at radius 3 is 2.24 bits per heavy atom. The molecule has 0 saturated carbocycles. The number of ether oxygens (including phenoxy) is 1. The van der Waals surface area contributed by atoms with Crippen molar-refractivity contribution in [2.75, 3.05) is 6.61 Å². The third-order valence-corrected chi connectivity index (χ3v) is 4.14. The monoisotopic (exact) mass is 395 g/mol. The molecule has 2 aromatic carbocycles. The topological polar surface area (TPSA) is 92.7 Å². The van der Waals surface area contributed by atoms with Crippen LogP contribution in [0.4, 0.5) is 0 Å². The van der Waals surface area contributed by atoms with Crippen LogP contribution < -0.4 is 5.32 Å². The summed E-state index contributed by atoms with van der Waals surface area (Å²) in [7, 11) is 0. The third-order valence-electron chi connectivity index (χ3n) is 4.14. The fourth-order valence-corrected chi connectivity index (χ4v) is 2.72. The van der Waals surface area contributed by atoms with Gasteiger partial charge in [-0.3, -0.25) is 14.4 Å². The molecule has 0 aliphatic rings. The van der Waals surface area contributed by atoms with E-state index in [-0.39, 0.29) is 31.8 Å². The highest BCUT2D eigenvalue weighted by Gasteiger charge is 2.10. The number of carboxylic acids is 1. The molecule has 0 aromatic heterocycles. The molecule has 0 aliphatic carbocycles. The maximum Gasteiger partial charge on any atom is 0.309 e. The minimum absolute atomic E-state index is 0.0322. The zero-order chi connectivity index (χ0) is 21.1. The summed E-state index contributed by atoms with van der Waals surface area (Å²) in [6.07, 6.45) is 1.68. The number of aliphatic carboxylic acids is 1. The van der Waals surface area contributed by atoms with E-state index in [1.165, 1.54) is 0 Å². The van der Waals surface area contributed by atoms with Gasteiger partial charge in [-0.2, -0.15) is 0 Å². The van der Waals surface area contributed by atoms with Crippen molar-refractivity contribution in [2.45, 2.75) is 32.6 Å². The number of nitrogens with one attached hydrogen (secondary N) is 1. The first-order valence-corrected chi connectivity index (χ1v) is 9.48. The highest BCUT2D eigenvalue weighted by Crippen LogP contribution is 2.20. The maximum absolute atomic E-state index is 12.0. The zero-order valence-corrected chi connectivity index (χ0v) is 16.4. The maximum atomic E-state index is 12.0. The summed E-state index contributed by atoms with van der Waals surface area (Å²) in [6, 6.07) is 17.9. The van der Waals surface area contributed by atoms with Crippen LogP contribution in [0.3, 0.4) is 0 Å². The summed E-state index contributed by atoms with van der Waals surface area (Å²) >= 11 is 0. The van der Waals surface area contributed by atoms with Gasteiger partial charge in [0.1, 0.15) is 0 Å². The number of hydrogen-bond donors (Lipinski definition) is 2. The number of amides is 1. The molecule has 0 spiro atoms. The third kappa shape index (κ3) is 8.01. The minimum atomic E-state index is -1.03. The summed E-state index contributed by atoms with van der Waals surface area (Å²) in [6.45, 7) is 2.01. The van der Waals surface area contributed by atoms with Crippen molar-refractivity contribution in [1.82, 2.24) is 5.32 Å². The Morgan fingerprint density at radius 1 is 0.966 bits per heavy atom. The number of carbonyl (C=O) groups excluding carboxylic acids is 2. The second-order valence-electron chi connectivity index (χ2n) is 6.42. The van der Waals surface area contributed by atoms with Gasteiger partial charge in [0.15, 0.2) is 0 Å².